The summed E-state index contributed by atoms with van der Waals surface area (Å²) in [5.41, 5.74) is 0. The zero-order valence-corrected chi connectivity index (χ0v) is 49.2. The third-order valence-electron chi connectivity index (χ3n) is 14.6. The molecule has 428 valence electrons. The molecule has 0 aromatic carbocycles. The van der Waals surface area contributed by atoms with Crippen LogP contribution in [0.15, 0.2) is 36.5 Å². The van der Waals surface area contributed by atoms with Gasteiger partial charge < -0.3 is 14.2 Å². The van der Waals surface area contributed by atoms with Crippen molar-refractivity contribution in [3.05, 3.63) is 36.5 Å². The molecule has 1 atom stereocenters. The summed E-state index contributed by atoms with van der Waals surface area (Å²) in [5, 5.41) is 0. The van der Waals surface area contributed by atoms with Gasteiger partial charge in [-0.25, -0.2) is 0 Å². The van der Waals surface area contributed by atoms with Crippen LogP contribution in [0.4, 0.5) is 0 Å². The van der Waals surface area contributed by atoms with Crippen molar-refractivity contribution >= 4 is 17.9 Å². The van der Waals surface area contributed by atoms with Crippen LogP contribution in [0, 0.1) is 0 Å². The molecule has 0 aliphatic rings. The van der Waals surface area contributed by atoms with Crippen LogP contribution in [0.3, 0.4) is 0 Å². The number of esters is 3. The second-order valence-corrected chi connectivity index (χ2v) is 22.0. The topological polar surface area (TPSA) is 78.9 Å². The van der Waals surface area contributed by atoms with Crippen LogP contribution in [-0.2, 0) is 28.6 Å². The van der Waals surface area contributed by atoms with E-state index in [9.17, 15) is 14.4 Å². The first-order valence-electron chi connectivity index (χ1n) is 32.5. The number of hydrogen-bond acceptors (Lipinski definition) is 6. The molecule has 0 aliphatic heterocycles. The van der Waals surface area contributed by atoms with Crippen molar-refractivity contribution in [3.63, 3.8) is 0 Å². The fourth-order valence-electron chi connectivity index (χ4n) is 9.75. The Morgan fingerprint density at radius 3 is 0.767 bits per heavy atom. The first kappa shape index (κ1) is 70.6. The van der Waals surface area contributed by atoms with E-state index in [1.807, 2.05) is 0 Å². The van der Waals surface area contributed by atoms with Crippen LogP contribution in [0.1, 0.15) is 355 Å². The molecule has 0 aromatic heterocycles. The molecule has 73 heavy (non-hydrogen) atoms. The third-order valence-corrected chi connectivity index (χ3v) is 14.6. The van der Waals surface area contributed by atoms with Crippen molar-refractivity contribution in [2.24, 2.45) is 0 Å². The molecule has 0 saturated heterocycles. The fraction of sp³-hybridized carbons (Fsp3) is 0.866. The van der Waals surface area contributed by atoms with E-state index in [1.165, 1.54) is 244 Å². The maximum atomic E-state index is 12.8. The summed E-state index contributed by atoms with van der Waals surface area (Å²) in [5.74, 6) is -0.850. The minimum atomic E-state index is -0.764. The molecule has 6 nitrogen and oxygen atoms in total. The quantitative estimate of drug-likeness (QED) is 0.0261. The first-order valence-corrected chi connectivity index (χ1v) is 32.5. The monoisotopic (exact) mass is 1020 g/mol. The molecule has 0 fully saturated rings. The van der Waals surface area contributed by atoms with Crippen molar-refractivity contribution in [1.82, 2.24) is 0 Å². The number of ether oxygens (including phenoxy) is 3. The largest absolute Gasteiger partial charge is 0.462 e. The fourth-order valence-corrected chi connectivity index (χ4v) is 9.75. The van der Waals surface area contributed by atoms with Crippen LogP contribution in [-0.4, -0.2) is 37.2 Å². The van der Waals surface area contributed by atoms with Crippen LogP contribution in [0.2, 0.25) is 0 Å². The predicted molar refractivity (Wildman–Crippen MR) is 316 cm³/mol. The van der Waals surface area contributed by atoms with E-state index in [1.54, 1.807) is 0 Å². The highest BCUT2D eigenvalue weighted by Gasteiger charge is 2.19. The zero-order chi connectivity index (χ0) is 52.9. The van der Waals surface area contributed by atoms with Crippen molar-refractivity contribution in [2.75, 3.05) is 13.2 Å². The molecule has 0 heterocycles. The predicted octanol–water partition coefficient (Wildman–Crippen LogP) is 22.0. The molecular formula is C67H124O6. The van der Waals surface area contributed by atoms with E-state index in [-0.39, 0.29) is 31.1 Å². The number of allylic oxidation sites excluding steroid dienone is 6. The Hall–Kier alpha value is -2.37. The number of rotatable bonds is 60. The van der Waals surface area contributed by atoms with Crippen LogP contribution in [0.25, 0.3) is 0 Å². The van der Waals surface area contributed by atoms with Gasteiger partial charge in [-0.15, -0.1) is 0 Å². The van der Waals surface area contributed by atoms with E-state index in [2.05, 4.69) is 57.2 Å². The zero-order valence-electron chi connectivity index (χ0n) is 49.2. The maximum absolute atomic E-state index is 12.8. The SMILES string of the molecule is CCCCCCC/C=C\C/C=C\C/C=C\CCCCCCCCCCCCCCCCCCCCC(=O)OCC(COC(=O)CCCCCCCCC)OC(=O)CCCCCCCCCCCCCCCCC. The van der Waals surface area contributed by atoms with Crippen molar-refractivity contribution < 1.29 is 28.6 Å². The van der Waals surface area contributed by atoms with E-state index in [4.69, 9.17) is 14.2 Å². The van der Waals surface area contributed by atoms with E-state index < -0.39 is 6.10 Å². The Kier molecular flexibility index (Phi) is 60.2. The molecule has 0 N–H and O–H groups in total. The lowest BCUT2D eigenvalue weighted by atomic mass is 10.0. The smallest absolute Gasteiger partial charge is 0.306 e. The van der Waals surface area contributed by atoms with Gasteiger partial charge in [0.1, 0.15) is 13.2 Å². The normalized spacial score (nSPS) is 12.2. The summed E-state index contributed by atoms with van der Waals surface area (Å²) in [6.07, 6.45) is 76.2. The number of unbranched alkanes of at least 4 members (excludes halogenated alkanes) is 43. The van der Waals surface area contributed by atoms with Crippen molar-refractivity contribution in [2.45, 2.75) is 361 Å². The average Bonchev–Trinajstić information content (AvgIpc) is 3.39. The van der Waals surface area contributed by atoms with Crippen LogP contribution < -0.4 is 0 Å². The molecule has 0 radical (unpaired) electrons. The number of carbonyl (C=O) groups is 3. The summed E-state index contributed by atoms with van der Waals surface area (Å²) in [6.45, 7) is 6.64. The van der Waals surface area contributed by atoms with Gasteiger partial charge in [0, 0.05) is 19.3 Å². The molecule has 0 amide bonds. The number of carbonyl (C=O) groups excluding carboxylic acids is 3. The van der Waals surface area contributed by atoms with Crippen LogP contribution >= 0.6 is 0 Å². The highest BCUT2D eigenvalue weighted by Crippen LogP contribution is 2.18. The van der Waals surface area contributed by atoms with Gasteiger partial charge in [-0.05, 0) is 57.8 Å². The lowest BCUT2D eigenvalue weighted by Crippen LogP contribution is -2.30. The molecular weight excluding hydrogens is 901 g/mol. The van der Waals surface area contributed by atoms with E-state index in [0.717, 1.165) is 70.6 Å². The molecule has 0 aliphatic carbocycles. The van der Waals surface area contributed by atoms with E-state index in [0.29, 0.717) is 19.3 Å². The summed E-state index contributed by atoms with van der Waals surface area (Å²) in [7, 11) is 0. The van der Waals surface area contributed by atoms with Crippen LogP contribution in [0.5, 0.6) is 0 Å². The van der Waals surface area contributed by atoms with Gasteiger partial charge in [-0.1, -0.05) is 314 Å². The highest BCUT2D eigenvalue weighted by molar-refractivity contribution is 5.71. The van der Waals surface area contributed by atoms with Gasteiger partial charge >= 0.3 is 17.9 Å². The van der Waals surface area contributed by atoms with Crippen molar-refractivity contribution in [1.29, 1.82) is 0 Å². The Balaban J connectivity index is 3.96. The molecule has 0 saturated carbocycles. The summed E-state index contributed by atoms with van der Waals surface area (Å²) in [6, 6.07) is 0. The third kappa shape index (κ3) is 60.4. The second-order valence-electron chi connectivity index (χ2n) is 22.0. The van der Waals surface area contributed by atoms with Gasteiger partial charge in [-0.3, -0.25) is 14.4 Å². The van der Waals surface area contributed by atoms with Gasteiger partial charge in [0.15, 0.2) is 6.10 Å². The molecule has 6 heteroatoms. The van der Waals surface area contributed by atoms with Gasteiger partial charge in [-0.2, -0.15) is 0 Å². The van der Waals surface area contributed by atoms with Gasteiger partial charge in [0.2, 0.25) is 0 Å². The minimum absolute atomic E-state index is 0.0658. The van der Waals surface area contributed by atoms with E-state index >= 15 is 0 Å². The Labute approximate surface area is 455 Å². The Morgan fingerprint density at radius 1 is 0.274 bits per heavy atom. The minimum Gasteiger partial charge on any atom is -0.462 e. The van der Waals surface area contributed by atoms with Gasteiger partial charge in [0.05, 0.1) is 0 Å². The maximum Gasteiger partial charge on any atom is 0.306 e. The highest BCUT2D eigenvalue weighted by atomic mass is 16.6. The van der Waals surface area contributed by atoms with Crippen molar-refractivity contribution in [3.8, 4) is 0 Å². The lowest BCUT2D eigenvalue weighted by molar-refractivity contribution is -0.167. The molecule has 0 aromatic rings. The Morgan fingerprint density at radius 2 is 0.493 bits per heavy atom. The molecule has 1 unspecified atom stereocenters. The first-order chi connectivity index (χ1) is 36.0. The summed E-state index contributed by atoms with van der Waals surface area (Å²) >= 11 is 0. The molecule has 0 bridgehead atoms. The molecule has 0 rings (SSSR count). The summed E-state index contributed by atoms with van der Waals surface area (Å²) in [4.78, 5) is 38.0. The van der Waals surface area contributed by atoms with Gasteiger partial charge in [0.25, 0.3) is 0 Å². The number of hydrogen-bond donors (Lipinski definition) is 0. The average molecular weight is 1030 g/mol. The lowest BCUT2D eigenvalue weighted by Gasteiger charge is -2.18. The molecule has 0 spiro atoms. The summed E-state index contributed by atoms with van der Waals surface area (Å²) < 4.78 is 16.8. The standard InChI is InChI=1S/C67H124O6/c1-4-7-10-13-16-18-20-22-24-25-26-27-28-29-30-31-32-33-34-35-36-37-38-39-40-41-43-44-46-48-51-54-57-60-66(69)72-63-64(62-71-65(68)59-56-53-50-15-12-9-6-3)73-67(70)61-58-55-52-49-47-45-42-23-21-19-17-14-11-8-5-2/h20,22,25-26,28-29,64H,4-19,21,23-24,27,30-63H2,1-3H3/b22-20-,26-25-,29-28-. The Bertz CT molecular complexity index is 1220. The second kappa shape index (κ2) is 62.2.